The first kappa shape index (κ1) is 11.1. The molecule has 3 heteroatoms. The number of aryl methyl sites for hydroxylation is 1. The molecule has 1 amide bonds. The zero-order chi connectivity index (χ0) is 11.5. The Hall–Kier alpha value is -1.35. The fourth-order valence-corrected chi connectivity index (χ4v) is 2.43. The molecule has 1 aliphatic carbocycles. The highest BCUT2D eigenvalue weighted by molar-refractivity contribution is 5.77. The zero-order valence-corrected chi connectivity index (χ0v) is 9.65. The topological polar surface area (TPSA) is 59.7 Å². The van der Waals surface area contributed by atoms with Gasteiger partial charge in [-0.1, -0.05) is 24.3 Å². The summed E-state index contributed by atoms with van der Waals surface area (Å²) in [5, 5.41) is 2.10. The third-order valence-corrected chi connectivity index (χ3v) is 3.39. The summed E-state index contributed by atoms with van der Waals surface area (Å²) in [7, 11) is 0. The SMILES string of the molecule is C[C@@H]([NH2+][C@H]1CCCc2ccccc21)C(N)=O. The molecule has 0 saturated carbocycles. The Bertz CT molecular complexity index is 389. The van der Waals surface area contributed by atoms with Gasteiger partial charge in [-0.3, -0.25) is 4.79 Å². The number of benzene rings is 1. The molecule has 0 radical (unpaired) electrons. The van der Waals surface area contributed by atoms with Crippen LogP contribution in [0.2, 0.25) is 0 Å². The molecule has 2 atom stereocenters. The minimum atomic E-state index is -0.233. The lowest BCUT2D eigenvalue weighted by Crippen LogP contribution is -2.92. The van der Waals surface area contributed by atoms with Crippen molar-refractivity contribution in [2.75, 3.05) is 0 Å². The summed E-state index contributed by atoms with van der Waals surface area (Å²) in [6.07, 6.45) is 3.49. The second kappa shape index (κ2) is 4.66. The largest absolute Gasteiger partial charge is 0.365 e. The molecule has 0 unspecified atom stereocenters. The van der Waals surface area contributed by atoms with E-state index in [1.54, 1.807) is 0 Å². The van der Waals surface area contributed by atoms with Gasteiger partial charge in [-0.2, -0.15) is 0 Å². The predicted octanol–water partition coefficient (Wildman–Crippen LogP) is 0.501. The van der Waals surface area contributed by atoms with Crippen molar-refractivity contribution in [3.05, 3.63) is 35.4 Å². The Balaban J connectivity index is 2.16. The average molecular weight is 219 g/mol. The highest BCUT2D eigenvalue weighted by atomic mass is 16.1. The van der Waals surface area contributed by atoms with E-state index < -0.39 is 0 Å². The Kier molecular flexibility index (Phi) is 3.25. The van der Waals surface area contributed by atoms with Crippen molar-refractivity contribution in [2.24, 2.45) is 5.73 Å². The molecule has 1 aromatic rings. The van der Waals surface area contributed by atoms with Crippen molar-refractivity contribution >= 4 is 5.91 Å². The minimum absolute atomic E-state index is 0.142. The van der Waals surface area contributed by atoms with Gasteiger partial charge >= 0.3 is 0 Å². The molecule has 0 fully saturated rings. The molecule has 0 aromatic heterocycles. The van der Waals surface area contributed by atoms with Crippen LogP contribution in [0.1, 0.15) is 36.9 Å². The molecule has 0 heterocycles. The third kappa shape index (κ3) is 2.25. The van der Waals surface area contributed by atoms with E-state index in [0.717, 1.165) is 12.8 Å². The van der Waals surface area contributed by atoms with Crippen LogP contribution in [0.5, 0.6) is 0 Å². The number of amides is 1. The van der Waals surface area contributed by atoms with E-state index in [0.29, 0.717) is 6.04 Å². The molecule has 0 bridgehead atoms. The fourth-order valence-electron chi connectivity index (χ4n) is 2.43. The summed E-state index contributed by atoms with van der Waals surface area (Å²) in [5.41, 5.74) is 8.10. The summed E-state index contributed by atoms with van der Waals surface area (Å²) in [5.74, 6) is -0.233. The second-order valence-electron chi connectivity index (χ2n) is 4.58. The van der Waals surface area contributed by atoms with Gasteiger partial charge in [0.2, 0.25) is 0 Å². The maximum atomic E-state index is 11.1. The van der Waals surface area contributed by atoms with Crippen molar-refractivity contribution < 1.29 is 10.1 Å². The van der Waals surface area contributed by atoms with E-state index in [1.807, 2.05) is 6.92 Å². The summed E-state index contributed by atoms with van der Waals surface area (Å²) in [4.78, 5) is 11.1. The third-order valence-electron chi connectivity index (χ3n) is 3.39. The Morgan fingerprint density at radius 3 is 3.00 bits per heavy atom. The molecule has 2 rings (SSSR count). The van der Waals surface area contributed by atoms with Crippen molar-refractivity contribution in [2.45, 2.75) is 38.3 Å². The molecule has 0 saturated heterocycles. The quantitative estimate of drug-likeness (QED) is 0.764. The molecule has 4 N–H and O–H groups in total. The first-order valence-electron chi connectivity index (χ1n) is 5.90. The number of primary amides is 1. The van der Waals surface area contributed by atoms with E-state index >= 15 is 0 Å². The van der Waals surface area contributed by atoms with Crippen LogP contribution in [0.3, 0.4) is 0 Å². The van der Waals surface area contributed by atoms with Crippen LogP contribution in [0.15, 0.2) is 24.3 Å². The van der Waals surface area contributed by atoms with Crippen molar-refractivity contribution in [3.8, 4) is 0 Å². The zero-order valence-electron chi connectivity index (χ0n) is 9.65. The van der Waals surface area contributed by atoms with Gasteiger partial charge < -0.3 is 11.1 Å². The molecule has 16 heavy (non-hydrogen) atoms. The fraction of sp³-hybridized carbons (Fsp3) is 0.462. The number of hydrogen-bond donors (Lipinski definition) is 2. The van der Waals surface area contributed by atoms with Gasteiger partial charge in [0, 0.05) is 12.0 Å². The Morgan fingerprint density at radius 1 is 1.50 bits per heavy atom. The van der Waals surface area contributed by atoms with Crippen LogP contribution in [-0.2, 0) is 11.2 Å². The smallest absolute Gasteiger partial charge is 0.275 e. The van der Waals surface area contributed by atoms with Crippen molar-refractivity contribution in [1.82, 2.24) is 0 Å². The van der Waals surface area contributed by atoms with Gasteiger partial charge in [0.1, 0.15) is 6.04 Å². The van der Waals surface area contributed by atoms with Crippen LogP contribution in [-0.4, -0.2) is 11.9 Å². The van der Waals surface area contributed by atoms with E-state index in [2.05, 4.69) is 29.6 Å². The number of rotatable bonds is 3. The van der Waals surface area contributed by atoms with Crippen LogP contribution in [0, 0.1) is 0 Å². The van der Waals surface area contributed by atoms with Crippen molar-refractivity contribution in [3.63, 3.8) is 0 Å². The highest BCUT2D eigenvalue weighted by Crippen LogP contribution is 2.26. The van der Waals surface area contributed by atoms with Gasteiger partial charge in [-0.05, 0) is 25.3 Å². The summed E-state index contributed by atoms with van der Waals surface area (Å²) in [6, 6.07) is 8.76. The van der Waals surface area contributed by atoms with E-state index in [9.17, 15) is 4.79 Å². The van der Waals surface area contributed by atoms with E-state index in [-0.39, 0.29) is 11.9 Å². The van der Waals surface area contributed by atoms with Gasteiger partial charge in [0.05, 0.1) is 0 Å². The Morgan fingerprint density at radius 2 is 2.25 bits per heavy atom. The molecule has 0 spiro atoms. The second-order valence-corrected chi connectivity index (χ2v) is 4.58. The number of carbonyl (C=O) groups is 1. The van der Waals surface area contributed by atoms with Gasteiger partial charge in [-0.15, -0.1) is 0 Å². The maximum Gasteiger partial charge on any atom is 0.275 e. The lowest BCUT2D eigenvalue weighted by atomic mass is 9.87. The molecule has 3 nitrogen and oxygen atoms in total. The van der Waals surface area contributed by atoms with E-state index in [4.69, 9.17) is 5.73 Å². The van der Waals surface area contributed by atoms with Gasteiger partial charge in [0.15, 0.2) is 6.04 Å². The molecule has 1 aliphatic rings. The van der Waals surface area contributed by atoms with Crippen LogP contribution >= 0.6 is 0 Å². The van der Waals surface area contributed by atoms with Crippen LogP contribution in [0.25, 0.3) is 0 Å². The standard InChI is InChI=1S/C13H18N2O/c1-9(13(14)16)15-12-8-4-6-10-5-2-3-7-11(10)12/h2-3,5,7,9,12,15H,4,6,8H2,1H3,(H2,14,16)/p+1/t9-,12+/m1/s1. The first-order chi connectivity index (χ1) is 7.68. The summed E-state index contributed by atoms with van der Waals surface area (Å²) >= 11 is 0. The summed E-state index contributed by atoms with van der Waals surface area (Å²) < 4.78 is 0. The molecule has 0 aliphatic heterocycles. The average Bonchev–Trinajstić information content (AvgIpc) is 2.29. The van der Waals surface area contributed by atoms with Gasteiger partial charge in [-0.25, -0.2) is 0 Å². The molecular formula is C13H19N2O+. The number of nitrogens with two attached hydrogens (primary N) is 2. The number of fused-ring (bicyclic) bond motifs is 1. The number of quaternary nitrogens is 1. The number of carbonyl (C=O) groups excluding carboxylic acids is 1. The maximum absolute atomic E-state index is 11.1. The molecule has 86 valence electrons. The lowest BCUT2D eigenvalue weighted by molar-refractivity contribution is -0.714. The lowest BCUT2D eigenvalue weighted by Gasteiger charge is -2.25. The monoisotopic (exact) mass is 219 g/mol. The van der Waals surface area contributed by atoms with E-state index in [1.165, 1.54) is 17.5 Å². The number of hydrogen-bond acceptors (Lipinski definition) is 1. The van der Waals surface area contributed by atoms with Crippen LogP contribution in [0.4, 0.5) is 0 Å². The Labute approximate surface area is 96.0 Å². The van der Waals surface area contributed by atoms with Crippen molar-refractivity contribution in [1.29, 1.82) is 0 Å². The minimum Gasteiger partial charge on any atom is -0.365 e. The molecular weight excluding hydrogens is 200 g/mol. The first-order valence-corrected chi connectivity index (χ1v) is 5.90. The van der Waals surface area contributed by atoms with Gasteiger partial charge in [0.25, 0.3) is 5.91 Å². The van der Waals surface area contributed by atoms with Crippen LogP contribution < -0.4 is 11.1 Å². The highest BCUT2D eigenvalue weighted by Gasteiger charge is 2.25. The molecule has 1 aromatic carbocycles. The predicted molar refractivity (Wildman–Crippen MR) is 62.7 cm³/mol. The normalized spacial score (nSPS) is 21.2. The summed E-state index contributed by atoms with van der Waals surface area (Å²) in [6.45, 7) is 1.87.